The van der Waals surface area contributed by atoms with Crippen LogP contribution in [0.4, 0.5) is 0 Å². The predicted molar refractivity (Wildman–Crippen MR) is 168 cm³/mol. The van der Waals surface area contributed by atoms with Crippen LogP contribution in [0.3, 0.4) is 0 Å². The molecule has 0 radical (unpaired) electrons. The van der Waals surface area contributed by atoms with Crippen molar-refractivity contribution in [1.82, 2.24) is 0 Å². The van der Waals surface area contributed by atoms with E-state index < -0.39 is 148 Å². The average Bonchev–Trinajstić information content (AvgIpc) is 3.04. The SMILES string of the molecule is CCC(CO)[N-]C1C(O)C([N-]CC(=O)O)C(O)C([N-]CC(=O)O)C1O.O=C(O)C[N-]C1C(O)C([N-]CC(=O)O)C(O)C([N-]C(CO)CO)C1O.[Hf].[Hf].[Hf]. The molecule has 13 N–H and O–H groups in total. The Labute approximate surface area is 360 Å². The van der Waals surface area contributed by atoms with Crippen molar-refractivity contribution in [2.75, 3.05) is 46.0 Å². The summed E-state index contributed by atoms with van der Waals surface area (Å²) >= 11 is 0. The Morgan fingerprint density at radius 3 is 0.830 bits per heavy atom. The van der Waals surface area contributed by atoms with Gasteiger partial charge < -0.3 is 98.3 Å². The Kier molecular flexibility index (Phi) is 31.5. The van der Waals surface area contributed by atoms with Gasteiger partial charge in [-0.3, -0.25) is 19.2 Å². The minimum absolute atomic E-state index is 0. The van der Waals surface area contributed by atoms with Crippen LogP contribution in [-0.4, -0.2) is 221 Å². The van der Waals surface area contributed by atoms with Crippen LogP contribution in [0.1, 0.15) is 13.3 Å². The molecule has 2 aliphatic carbocycles. The normalized spacial score (nSPS) is 31.4. The van der Waals surface area contributed by atoms with Gasteiger partial charge in [0, 0.05) is 134 Å². The first-order valence-corrected chi connectivity index (χ1v) is 15.3. The van der Waals surface area contributed by atoms with Crippen molar-refractivity contribution in [3.05, 3.63) is 31.9 Å². The summed E-state index contributed by atoms with van der Waals surface area (Å²) in [5, 5.41) is 147. The maximum Gasteiger partial charge on any atom is 0.282 e. The van der Waals surface area contributed by atoms with Crippen LogP contribution in [0.5, 0.6) is 0 Å². The zero-order chi connectivity index (χ0) is 38.3. The largest absolute Gasteiger partial charge is 0.651 e. The van der Waals surface area contributed by atoms with E-state index in [0.29, 0.717) is 6.42 Å². The second kappa shape index (κ2) is 29.2. The van der Waals surface area contributed by atoms with E-state index in [1.807, 2.05) is 0 Å². The number of carbonyl (C=O) groups is 4. The molecule has 0 aliphatic heterocycles. The quantitative estimate of drug-likeness (QED) is 0.0508. The van der Waals surface area contributed by atoms with Gasteiger partial charge >= 0.3 is 0 Å². The van der Waals surface area contributed by atoms with Crippen molar-refractivity contribution in [1.29, 1.82) is 0 Å². The number of aliphatic hydroxyl groups is 9. The summed E-state index contributed by atoms with van der Waals surface area (Å²) in [7, 11) is 0. The molecule has 9 unspecified atom stereocenters. The molecule has 0 aromatic heterocycles. The van der Waals surface area contributed by atoms with Crippen molar-refractivity contribution in [3.63, 3.8) is 0 Å². The number of carboxylic acids is 4. The molecule has 0 heterocycles. The molecule has 0 spiro atoms. The van der Waals surface area contributed by atoms with Crippen molar-refractivity contribution in [2.24, 2.45) is 0 Å². The van der Waals surface area contributed by atoms with Crippen molar-refractivity contribution >= 4 is 23.9 Å². The summed E-state index contributed by atoms with van der Waals surface area (Å²) < 4.78 is 0. The first kappa shape index (κ1) is 57.2. The van der Waals surface area contributed by atoms with Gasteiger partial charge in [-0.1, -0.05) is 55.6 Å². The van der Waals surface area contributed by atoms with Crippen LogP contribution in [0, 0.1) is 0 Å². The number of aliphatic carboxylic acids is 4. The number of nitrogens with zero attached hydrogens (tertiary/aromatic N) is 6. The summed E-state index contributed by atoms with van der Waals surface area (Å²) in [6.45, 7) is -2.61. The van der Waals surface area contributed by atoms with Crippen LogP contribution in [0.25, 0.3) is 31.9 Å². The van der Waals surface area contributed by atoms with Crippen LogP contribution in [-0.2, 0) is 96.7 Å². The zero-order valence-electron chi connectivity index (χ0n) is 28.4. The van der Waals surface area contributed by atoms with Crippen molar-refractivity contribution in [3.8, 4) is 0 Å². The van der Waals surface area contributed by atoms with Gasteiger partial charge in [0.15, 0.2) is 0 Å². The zero-order valence-corrected chi connectivity index (χ0v) is 39.1. The first-order chi connectivity index (χ1) is 23.4. The molecule has 23 nitrogen and oxygen atoms in total. The smallest absolute Gasteiger partial charge is 0.282 e. The number of rotatable bonds is 20. The molecule has 0 bridgehead atoms. The molecule has 26 heteroatoms. The third-order valence-corrected chi connectivity index (χ3v) is 7.82. The fourth-order valence-corrected chi connectivity index (χ4v) is 5.30. The standard InChI is InChI=1S/C14H24N3O8.C13H22N3O9.3Hf/c1-2-6(5-18)17-11-13(24)9(15-3-7(19)20)12(23)10(14(11)25)16-4-8(21)22;17-3-5(4-18)16-10-12(24)8(14-1-6(19)20)11(23)9(13(10)25)15-2-7(21)22;;;/h6,9-14,18,23-25H,2-5H2,1H3,(H,19,20)(H,21,22);5,8-13,17-18,23-25H,1-4H2,(H,19,20)(H,21,22);;;/q2*-3;;;. The maximum absolute atomic E-state index is 10.7. The number of hydrogen-bond acceptors (Lipinski definition) is 13. The van der Waals surface area contributed by atoms with Gasteiger partial charge in [0.25, 0.3) is 23.9 Å². The van der Waals surface area contributed by atoms with Crippen LogP contribution in [0.15, 0.2) is 0 Å². The molecule has 0 amide bonds. The van der Waals surface area contributed by atoms with Crippen LogP contribution in [0.2, 0.25) is 0 Å². The van der Waals surface area contributed by atoms with Crippen molar-refractivity contribution in [2.45, 2.75) is 98.3 Å². The van der Waals surface area contributed by atoms with Crippen LogP contribution < -0.4 is 0 Å². The molecule has 2 fully saturated rings. The Morgan fingerprint density at radius 1 is 0.434 bits per heavy atom. The summed E-state index contributed by atoms with van der Waals surface area (Å²) in [6.07, 6.45) is -8.99. The summed E-state index contributed by atoms with van der Waals surface area (Å²) in [5.41, 5.74) is 0. The molecule has 0 aromatic rings. The Balaban J connectivity index is -0.000000893. The molecular weight excluding hydrogens is 1220 g/mol. The van der Waals surface area contributed by atoms with Gasteiger partial charge in [-0.2, -0.15) is 0 Å². The minimum Gasteiger partial charge on any atom is -0.651 e. The van der Waals surface area contributed by atoms with E-state index in [2.05, 4.69) is 31.9 Å². The second-order valence-corrected chi connectivity index (χ2v) is 11.4. The predicted octanol–water partition coefficient (Wildman–Crippen LogP) is -4.93. The molecule has 2 rings (SSSR count). The van der Waals surface area contributed by atoms with Crippen molar-refractivity contribution < 1.29 is 163 Å². The van der Waals surface area contributed by atoms with E-state index in [-0.39, 0.29) is 84.1 Å². The maximum atomic E-state index is 10.7. The average molecular weight is 1260 g/mol. The Morgan fingerprint density at radius 2 is 0.642 bits per heavy atom. The van der Waals surface area contributed by atoms with Gasteiger partial charge in [0.2, 0.25) is 0 Å². The molecule has 9 atom stereocenters. The monoisotopic (exact) mass is 1270 g/mol. The molecule has 0 aromatic carbocycles. The topological polar surface area (TPSA) is 416 Å². The van der Waals surface area contributed by atoms with Gasteiger partial charge in [0.1, 0.15) is 0 Å². The molecule has 0 saturated heterocycles. The third-order valence-electron chi connectivity index (χ3n) is 7.82. The molecule has 304 valence electrons. The summed E-state index contributed by atoms with van der Waals surface area (Å²) in [4.78, 5) is 42.8. The fourth-order valence-electron chi connectivity index (χ4n) is 5.30. The second-order valence-electron chi connectivity index (χ2n) is 11.4. The van der Waals surface area contributed by atoms with E-state index in [1.165, 1.54) is 0 Å². The van der Waals surface area contributed by atoms with E-state index >= 15 is 0 Å². The van der Waals surface area contributed by atoms with Gasteiger partial charge in [-0.05, 0) is 26.2 Å². The number of aliphatic hydroxyl groups excluding tert-OH is 9. The minimum atomic E-state index is -1.63. The van der Waals surface area contributed by atoms with Gasteiger partial charge in [-0.25, -0.2) is 0 Å². The first-order valence-electron chi connectivity index (χ1n) is 15.3. The van der Waals surface area contributed by atoms with E-state index in [0.717, 1.165) is 0 Å². The van der Waals surface area contributed by atoms with E-state index in [1.54, 1.807) is 6.92 Å². The molecule has 2 aliphatic rings. The summed E-state index contributed by atoms with van der Waals surface area (Å²) in [5.74, 6) is -5.19. The Hall–Kier alpha value is -0.110. The van der Waals surface area contributed by atoms with E-state index in [4.69, 9.17) is 30.6 Å². The summed E-state index contributed by atoms with van der Waals surface area (Å²) in [6, 6.07) is -9.61. The number of carboxylic acid groups (broad SMARTS) is 4. The van der Waals surface area contributed by atoms with Gasteiger partial charge in [-0.15, -0.1) is 6.04 Å². The van der Waals surface area contributed by atoms with Gasteiger partial charge in [0.05, 0.1) is 0 Å². The molecule has 2 saturated carbocycles. The Bertz CT molecular complexity index is 929. The number of hydrogen-bond donors (Lipinski definition) is 13. The third kappa shape index (κ3) is 18.4. The fraction of sp³-hybridized carbons (Fsp3) is 0.852. The molecular formula is C27H46Hf3N6O17-6. The van der Waals surface area contributed by atoms with E-state index in [9.17, 15) is 54.9 Å². The van der Waals surface area contributed by atoms with Crippen LogP contribution >= 0.6 is 0 Å². The molecule has 53 heavy (non-hydrogen) atoms.